The van der Waals surface area contributed by atoms with Crippen LogP contribution in [-0.4, -0.2) is 4.98 Å². The molecule has 0 aliphatic rings. The SMILES string of the molecule is CC/C(C)=C/C=C(\C)c1cccnc1. The molecule has 0 radical (unpaired) electrons. The van der Waals surface area contributed by atoms with E-state index in [0.717, 1.165) is 6.42 Å². The molecule has 0 fully saturated rings. The van der Waals surface area contributed by atoms with Crippen molar-refractivity contribution in [1.82, 2.24) is 4.98 Å². The van der Waals surface area contributed by atoms with E-state index in [9.17, 15) is 0 Å². The molecule has 1 heteroatoms. The standard InChI is InChI=1S/C13H17N/c1-4-11(2)7-8-12(3)13-6-5-9-14-10-13/h5-10H,4H2,1-3H3/b11-7+,12-8+. The molecular formula is C13H17N. The van der Waals surface area contributed by atoms with E-state index < -0.39 is 0 Å². The lowest BCUT2D eigenvalue weighted by Crippen LogP contribution is -1.80. The van der Waals surface area contributed by atoms with Gasteiger partial charge < -0.3 is 0 Å². The van der Waals surface area contributed by atoms with Gasteiger partial charge in [-0.15, -0.1) is 0 Å². The Hall–Kier alpha value is -1.37. The fraction of sp³-hybridized carbons (Fsp3) is 0.308. The van der Waals surface area contributed by atoms with Gasteiger partial charge in [-0.25, -0.2) is 0 Å². The summed E-state index contributed by atoms with van der Waals surface area (Å²) >= 11 is 0. The van der Waals surface area contributed by atoms with Crippen LogP contribution in [0.4, 0.5) is 0 Å². The minimum atomic E-state index is 1.11. The van der Waals surface area contributed by atoms with Crippen LogP contribution in [0.2, 0.25) is 0 Å². The highest BCUT2D eigenvalue weighted by atomic mass is 14.6. The van der Waals surface area contributed by atoms with Gasteiger partial charge in [0, 0.05) is 12.4 Å². The Morgan fingerprint density at radius 1 is 1.36 bits per heavy atom. The zero-order valence-electron chi connectivity index (χ0n) is 9.12. The topological polar surface area (TPSA) is 12.9 Å². The molecule has 1 aromatic heterocycles. The normalized spacial score (nSPS) is 13.1. The van der Waals surface area contributed by atoms with Crippen molar-refractivity contribution in [3.63, 3.8) is 0 Å². The Labute approximate surface area is 86.2 Å². The third kappa shape index (κ3) is 3.17. The Bertz CT molecular complexity index is 334. The third-order valence-electron chi connectivity index (χ3n) is 2.29. The van der Waals surface area contributed by atoms with E-state index in [2.05, 4.69) is 44.0 Å². The average Bonchev–Trinajstić information content (AvgIpc) is 2.26. The minimum Gasteiger partial charge on any atom is -0.264 e. The number of pyridine rings is 1. The molecule has 14 heavy (non-hydrogen) atoms. The molecule has 0 aliphatic carbocycles. The van der Waals surface area contributed by atoms with Crippen LogP contribution in [0.3, 0.4) is 0 Å². The van der Waals surface area contributed by atoms with E-state index in [1.54, 1.807) is 6.20 Å². The minimum absolute atomic E-state index is 1.11. The molecule has 0 saturated heterocycles. The Morgan fingerprint density at radius 3 is 2.71 bits per heavy atom. The van der Waals surface area contributed by atoms with Crippen LogP contribution < -0.4 is 0 Å². The molecule has 0 amide bonds. The first-order valence-electron chi connectivity index (χ1n) is 4.98. The molecular weight excluding hydrogens is 170 g/mol. The van der Waals surface area contributed by atoms with Crippen molar-refractivity contribution in [2.24, 2.45) is 0 Å². The van der Waals surface area contributed by atoms with Crippen LogP contribution in [0.15, 0.2) is 42.3 Å². The summed E-state index contributed by atoms with van der Waals surface area (Å²) in [7, 11) is 0. The van der Waals surface area contributed by atoms with E-state index in [1.165, 1.54) is 16.7 Å². The van der Waals surface area contributed by atoms with Gasteiger partial charge in [0.1, 0.15) is 0 Å². The fourth-order valence-corrected chi connectivity index (χ4v) is 1.08. The maximum Gasteiger partial charge on any atom is 0.0342 e. The highest BCUT2D eigenvalue weighted by molar-refractivity contribution is 5.64. The second-order valence-electron chi connectivity index (χ2n) is 3.46. The van der Waals surface area contributed by atoms with E-state index in [4.69, 9.17) is 0 Å². The lowest BCUT2D eigenvalue weighted by molar-refractivity contribution is 1.10. The molecule has 0 N–H and O–H groups in total. The van der Waals surface area contributed by atoms with Gasteiger partial charge in [-0.3, -0.25) is 4.98 Å². The van der Waals surface area contributed by atoms with Gasteiger partial charge >= 0.3 is 0 Å². The van der Waals surface area contributed by atoms with E-state index in [0.29, 0.717) is 0 Å². The molecule has 0 bridgehead atoms. The Kier molecular flexibility index (Phi) is 4.11. The summed E-state index contributed by atoms with van der Waals surface area (Å²) in [6, 6.07) is 4.04. The fourth-order valence-electron chi connectivity index (χ4n) is 1.08. The largest absolute Gasteiger partial charge is 0.264 e. The second kappa shape index (κ2) is 5.38. The predicted octanol–water partition coefficient (Wildman–Crippen LogP) is 3.84. The molecule has 1 rings (SSSR count). The highest BCUT2D eigenvalue weighted by Gasteiger charge is 1.92. The zero-order chi connectivity index (χ0) is 10.4. The molecule has 1 nitrogen and oxygen atoms in total. The zero-order valence-corrected chi connectivity index (χ0v) is 9.12. The van der Waals surface area contributed by atoms with Crippen molar-refractivity contribution in [3.8, 4) is 0 Å². The van der Waals surface area contributed by atoms with E-state index >= 15 is 0 Å². The molecule has 0 spiro atoms. The maximum atomic E-state index is 4.09. The van der Waals surface area contributed by atoms with Crippen LogP contribution in [0.25, 0.3) is 5.57 Å². The highest BCUT2D eigenvalue weighted by Crippen LogP contribution is 2.12. The lowest BCUT2D eigenvalue weighted by atomic mass is 10.1. The summed E-state index contributed by atoms with van der Waals surface area (Å²) < 4.78 is 0. The summed E-state index contributed by atoms with van der Waals surface area (Å²) in [5.41, 5.74) is 3.84. The van der Waals surface area contributed by atoms with Crippen molar-refractivity contribution in [2.75, 3.05) is 0 Å². The van der Waals surface area contributed by atoms with Gasteiger partial charge in [0.2, 0.25) is 0 Å². The van der Waals surface area contributed by atoms with E-state index in [1.807, 2.05) is 12.3 Å². The Balaban J connectivity index is 2.81. The van der Waals surface area contributed by atoms with Gasteiger partial charge in [0.05, 0.1) is 0 Å². The first-order chi connectivity index (χ1) is 6.74. The van der Waals surface area contributed by atoms with Crippen molar-refractivity contribution in [1.29, 1.82) is 0 Å². The van der Waals surface area contributed by atoms with E-state index in [-0.39, 0.29) is 0 Å². The van der Waals surface area contributed by atoms with Gasteiger partial charge in [0.15, 0.2) is 0 Å². The number of nitrogens with zero attached hydrogens (tertiary/aromatic N) is 1. The summed E-state index contributed by atoms with van der Waals surface area (Å²) in [5, 5.41) is 0. The van der Waals surface area contributed by atoms with Crippen molar-refractivity contribution in [3.05, 3.63) is 47.8 Å². The quantitative estimate of drug-likeness (QED) is 0.655. The van der Waals surface area contributed by atoms with Gasteiger partial charge in [-0.1, -0.05) is 30.7 Å². The molecule has 0 unspecified atom stereocenters. The molecule has 74 valence electrons. The Morgan fingerprint density at radius 2 is 2.14 bits per heavy atom. The third-order valence-corrected chi connectivity index (χ3v) is 2.29. The number of allylic oxidation sites excluding steroid dienone is 4. The predicted molar refractivity (Wildman–Crippen MR) is 61.9 cm³/mol. The van der Waals surface area contributed by atoms with Crippen molar-refractivity contribution >= 4 is 5.57 Å². The van der Waals surface area contributed by atoms with Crippen molar-refractivity contribution < 1.29 is 0 Å². The molecule has 1 aromatic rings. The number of hydrogen-bond donors (Lipinski definition) is 0. The number of hydrogen-bond acceptors (Lipinski definition) is 1. The molecule has 0 atom stereocenters. The van der Waals surface area contributed by atoms with Crippen LogP contribution in [0.5, 0.6) is 0 Å². The molecule has 0 saturated carbocycles. The lowest BCUT2D eigenvalue weighted by Gasteiger charge is -1.98. The van der Waals surface area contributed by atoms with Crippen LogP contribution in [-0.2, 0) is 0 Å². The first-order valence-corrected chi connectivity index (χ1v) is 4.98. The monoisotopic (exact) mass is 187 g/mol. The summed E-state index contributed by atoms with van der Waals surface area (Å²) in [6.45, 7) is 6.42. The van der Waals surface area contributed by atoms with Gasteiger partial charge in [0.25, 0.3) is 0 Å². The van der Waals surface area contributed by atoms with Crippen LogP contribution in [0.1, 0.15) is 32.8 Å². The first kappa shape index (κ1) is 10.7. The number of rotatable bonds is 3. The van der Waals surface area contributed by atoms with Crippen LogP contribution >= 0.6 is 0 Å². The van der Waals surface area contributed by atoms with Gasteiger partial charge in [-0.2, -0.15) is 0 Å². The summed E-state index contributed by atoms with van der Waals surface area (Å²) in [5.74, 6) is 0. The smallest absolute Gasteiger partial charge is 0.0342 e. The van der Waals surface area contributed by atoms with Gasteiger partial charge in [-0.05, 0) is 37.5 Å². The maximum absolute atomic E-state index is 4.09. The molecule has 1 heterocycles. The summed E-state index contributed by atoms with van der Waals surface area (Å²) in [4.78, 5) is 4.09. The molecule has 0 aliphatic heterocycles. The number of aromatic nitrogens is 1. The van der Waals surface area contributed by atoms with Crippen LogP contribution in [0, 0.1) is 0 Å². The second-order valence-corrected chi connectivity index (χ2v) is 3.46. The van der Waals surface area contributed by atoms with Crippen molar-refractivity contribution in [2.45, 2.75) is 27.2 Å². The molecule has 0 aromatic carbocycles. The summed E-state index contributed by atoms with van der Waals surface area (Å²) in [6.07, 6.45) is 9.11. The average molecular weight is 187 g/mol.